The van der Waals surface area contributed by atoms with Crippen LogP contribution in [0.3, 0.4) is 0 Å². The molecule has 0 bridgehead atoms. The van der Waals surface area contributed by atoms with Crippen LogP contribution >= 0.6 is 0 Å². The largest absolute Gasteiger partial charge is 0.459 e. The summed E-state index contributed by atoms with van der Waals surface area (Å²) in [5, 5.41) is 49.7. The number of ketones is 1. The van der Waals surface area contributed by atoms with Gasteiger partial charge in [0.2, 0.25) is 5.91 Å². The topological polar surface area (TPSA) is 225 Å². The maximum Gasteiger partial charge on any atom is 0.311 e. The van der Waals surface area contributed by atoms with E-state index in [0.29, 0.717) is 32.4 Å². The molecule has 3 fully saturated rings. The third kappa shape index (κ3) is 14.3. The van der Waals surface area contributed by atoms with Gasteiger partial charge in [0, 0.05) is 69.8 Å². The SMILES string of the molecule is CC[C@H]1OC(=O)[C@H](C)[C@@H](O[C@H]2C[C@@](C)(OC)[C@@H](O)[C@H](C)O2)[C@H](C)[C@@H](O[C@H]2O[C@H](C)C[C@H](N(C)CCCC(=O)NCCCc3ccc(-c4cccnc4)cc3)[C@H]2O)[C@](C)(OC)C[C@@H](C)C(=O)[C@H](C)[C@@H](O)[C@]1(C)O. The Morgan fingerprint density at radius 3 is 2.18 bits per heavy atom. The van der Waals surface area contributed by atoms with Crippen LogP contribution in [0.15, 0.2) is 48.8 Å². The number of likely N-dealkylation sites (N-methyl/N-ethyl adjacent to an activating group) is 1. The monoisotopic (exact) mass is 1010 g/mol. The lowest BCUT2D eigenvalue weighted by Gasteiger charge is -2.50. The second-order valence-corrected chi connectivity index (χ2v) is 21.6. The molecule has 3 aliphatic rings. The minimum absolute atomic E-state index is 0.0442. The van der Waals surface area contributed by atoms with Gasteiger partial charge < -0.3 is 63.8 Å². The van der Waals surface area contributed by atoms with Crippen molar-refractivity contribution in [2.75, 3.05) is 34.4 Å². The first-order valence-corrected chi connectivity index (χ1v) is 26.1. The first-order chi connectivity index (χ1) is 33.9. The normalized spacial score (nSPS) is 38.5. The Bertz CT molecular complexity index is 2030. The molecule has 72 heavy (non-hydrogen) atoms. The number of hydrogen-bond donors (Lipinski definition) is 5. The number of nitrogens with zero attached hydrogens (tertiary/aromatic N) is 2. The third-order valence-corrected chi connectivity index (χ3v) is 16.0. The quantitative estimate of drug-likeness (QED) is 0.0988. The number of ether oxygens (including phenoxy) is 7. The Kier molecular flexibility index (Phi) is 21.3. The standard InChI is InChI=1S/C55H87N3O14/c1-14-42-55(10,65)48(62)34(4)45(60)32(2)29-54(9,67-13)50(35(5)47(36(6)51(64)70-42)71-44-30-53(8,66-12)49(63)37(7)69-44)72-52-46(61)41(28-33(3)68-52)58(11)27-17-20-43(59)57-26-15-18-38-21-23-39(24-22-38)40-19-16-25-56-31-40/h16,19,21-25,31-37,41-42,44,46-50,52,61-63,65H,14-15,17-18,20,26-30H2,1-13H3,(H,57,59)/t32-,33-,34+,35+,36-,37+,41+,42-,44+,46-,47+,48-,49+,50-,52-,53-,54-,55-/m1/s1. The fourth-order valence-corrected chi connectivity index (χ4v) is 11.2. The lowest BCUT2D eigenvalue weighted by molar-refractivity contribution is -0.319. The highest BCUT2D eigenvalue weighted by Gasteiger charge is 2.54. The number of benzene rings is 1. The average Bonchev–Trinajstić information content (AvgIpc) is 3.36. The fourth-order valence-electron chi connectivity index (χ4n) is 11.2. The molecular weight excluding hydrogens is 927 g/mol. The van der Waals surface area contributed by atoms with E-state index < -0.39 is 108 Å². The van der Waals surface area contributed by atoms with Crippen LogP contribution in [0.1, 0.15) is 120 Å². The van der Waals surface area contributed by atoms with E-state index in [1.165, 1.54) is 26.7 Å². The van der Waals surface area contributed by atoms with Crippen LogP contribution in [0.25, 0.3) is 11.1 Å². The number of carbonyl (C=O) groups excluding carboxylic acids is 3. The molecule has 5 rings (SSSR count). The zero-order valence-corrected chi connectivity index (χ0v) is 45.1. The molecule has 17 nitrogen and oxygen atoms in total. The molecule has 3 saturated heterocycles. The van der Waals surface area contributed by atoms with Crippen LogP contribution in [-0.4, -0.2) is 167 Å². The maximum absolute atomic E-state index is 14.4. The number of aromatic nitrogens is 1. The van der Waals surface area contributed by atoms with Crippen molar-refractivity contribution in [2.45, 2.75) is 205 Å². The number of aryl methyl sites for hydroxylation is 1. The number of rotatable bonds is 17. The van der Waals surface area contributed by atoms with Crippen molar-refractivity contribution in [2.24, 2.45) is 23.7 Å². The van der Waals surface area contributed by atoms with Gasteiger partial charge in [0.05, 0.1) is 47.6 Å². The van der Waals surface area contributed by atoms with E-state index >= 15 is 0 Å². The number of hydrogen-bond acceptors (Lipinski definition) is 16. The van der Waals surface area contributed by atoms with Gasteiger partial charge in [-0.25, -0.2) is 0 Å². The Morgan fingerprint density at radius 1 is 0.875 bits per heavy atom. The third-order valence-electron chi connectivity index (χ3n) is 16.0. The molecule has 0 radical (unpaired) electrons. The first-order valence-electron chi connectivity index (χ1n) is 26.1. The van der Waals surface area contributed by atoms with Crippen LogP contribution in [-0.2, 0) is 54.0 Å². The number of aliphatic hydroxyl groups is 4. The van der Waals surface area contributed by atoms with Crippen molar-refractivity contribution in [3.05, 3.63) is 54.4 Å². The summed E-state index contributed by atoms with van der Waals surface area (Å²) >= 11 is 0. The van der Waals surface area contributed by atoms with E-state index in [1.807, 2.05) is 44.1 Å². The van der Waals surface area contributed by atoms with Gasteiger partial charge in [-0.3, -0.25) is 19.4 Å². The molecule has 1 aromatic carbocycles. The van der Waals surface area contributed by atoms with Gasteiger partial charge in [0.25, 0.3) is 0 Å². The fraction of sp³-hybridized carbons (Fsp3) is 0.745. The molecule has 17 heteroatoms. The Labute approximate surface area is 428 Å². The Morgan fingerprint density at radius 2 is 1.56 bits per heavy atom. The Hall–Kier alpha value is -3.46. The van der Waals surface area contributed by atoms with Crippen LogP contribution in [0.4, 0.5) is 0 Å². The highest BCUT2D eigenvalue weighted by molar-refractivity contribution is 5.83. The highest BCUT2D eigenvalue weighted by atomic mass is 16.7. The lowest BCUT2D eigenvalue weighted by Crippen LogP contribution is -2.61. The average molecular weight is 1010 g/mol. The van der Waals surface area contributed by atoms with Gasteiger partial charge >= 0.3 is 5.97 Å². The summed E-state index contributed by atoms with van der Waals surface area (Å²) in [5.41, 5.74) is -1.04. The van der Waals surface area contributed by atoms with Crippen molar-refractivity contribution in [3.63, 3.8) is 0 Å². The number of amides is 1. The number of pyridine rings is 1. The van der Waals surface area contributed by atoms with Crippen molar-refractivity contribution in [3.8, 4) is 11.1 Å². The molecule has 18 atom stereocenters. The second kappa shape index (κ2) is 25.9. The number of cyclic esters (lactones) is 1. The summed E-state index contributed by atoms with van der Waals surface area (Å²) < 4.78 is 44.7. The molecule has 3 aliphatic heterocycles. The number of aliphatic hydroxyl groups excluding tert-OH is 3. The van der Waals surface area contributed by atoms with E-state index in [9.17, 15) is 34.8 Å². The molecule has 406 valence electrons. The second-order valence-electron chi connectivity index (χ2n) is 21.6. The molecule has 4 heterocycles. The predicted octanol–water partition coefficient (Wildman–Crippen LogP) is 5.40. The minimum atomic E-state index is -2.00. The molecule has 0 saturated carbocycles. The summed E-state index contributed by atoms with van der Waals surface area (Å²) in [6.45, 7) is 18.1. The zero-order chi connectivity index (χ0) is 53.3. The van der Waals surface area contributed by atoms with E-state index in [4.69, 9.17) is 33.2 Å². The van der Waals surface area contributed by atoms with Gasteiger partial charge in [0.15, 0.2) is 12.6 Å². The van der Waals surface area contributed by atoms with Crippen molar-refractivity contribution < 1.29 is 68.0 Å². The molecule has 0 unspecified atom stereocenters. The molecule has 0 spiro atoms. The maximum atomic E-state index is 14.4. The van der Waals surface area contributed by atoms with Crippen LogP contribution in [0.2, 0.25) is 0 Å². The minimum Gasteiger partial charge on any atom is -0.459 e. The van der Waals surface area contributed by atoms with Crippen molar-refractivity contribution in [1.82, 2.24) is 15.2 Å². The summed E-state index contributed by atoms with van der Waals surface area (Å²) in [7, 11) is 4.90. The number of Topliss-reactive ketones (excluding diaryl/α,β-unsaturated/α-hetero) is 1. The van der Waals surface area contributed by atoms with E-state index in [2.05, 4.69) is 34.6 Å². The molecule has 5 N–H and O–H groups in total. The van der Waals surface area contributed by atoms with Crippen LogP contribution in [0, 0.1) is 23.7 Å². The van der Waals surface area contributed by atoms with Gasteiger partial charge in [-0.1, -0.05) is 58.0 Å². The first kappa shape index (κ1) is 59.4. The van der Waals surface area contributed by atoms with Crippen LogP contribution < -0.4 is 5.32 Å². The molecule has 2 aromatic rings. The summed E-state index contributed by atoms with van der Waals surface area (Å²) in [6, 6.07) is 11.9. The molecule has 1 amide bonds. The molecular formula is C55H87N3O14. The summed E-state index contributed by atoms with van der Waals surface area (Å²) in [6.07, 6.45) is -3.54. The highest BCUT2D eigenvalue weighted by Crippen LogP contribution is 2.42. The zero-order valence-electron chi connectivity index (χ0n) is 45.1. The van der Waals surface area contributed by atoms with E-state index in [0.717, 1.165) is 24.0 Å². The van der Waals surface area contributed by atoms with Gasteiger partial charge in [-0.05, 0) is 116 Å². The van der Waals surface area contributed by atoms with Crippen LogP contribution in [0.5, 0.6) is 0 Å². The van der Waals surface area contributed by atoms with Gasteiger partial charge in [-0.15, -0.1) is 0 Å². The lowest BCUT2D eigenvalue weighted by atomic mass is 9.74. The molecule has 0 aliphatic carbocycles. The van der Waals surface area contributed by atoms with Crippen molar-refractivity contribution in [1.29, 1.82) is 0 Å². The van der Waals surface area contributed by atoms with E-state index in [1.54, 1.807) is 54.7 Å². The smallest absolute Gasteiger partial charge is 0.311 e. The summed E-state index contributed by atoms with van der Waals surface area (Å²) in [5.74, 6) is -4.79. The van der Waals surface area contributed by atoms with Gasteiger partial charge in [0.1, 0.15) is 29.7 Å². The summed E-state index contributed by atoms with van der Waals surface area (Å²) in [4.78, 5) is 47.9. The van der Waals surface area contributed by atoms with Crippen molar-refractivity contribution >= 4 is 17.7 Å². The van der Waals surface area contributed by atoms with E-state index in [-0.39, 0.29) is 37.1 Å². The number of esters is 1. The number of methoxy groups -OCH3 is 2. The molecule has 1 aromatic heterocycles. The number of nitrogens with one attached hydrogen (secondary N) is 1. The Balaban J connectivity index is 1.34. The van der Waals surface area contributed by atoms with Gasteiger partial charge in [-0.2, -0.15) is 0 Å². The number of carbonyl (C=O) groups is 3. The predicted molar refractivity (Wildman–Crippen MR) is 270 cm³/mol.